The van der Waals surface area contributed by atoms with Crippen molar-refractivity contribution in [3.63, 3.8) is 0 Å². The first kappa shape index (κ1) is 11.7. The number of benzene rings is 1. The van der Waals surface area contributed by atoms with Gasteiger partial charge in [0.2, 0.25) is 5.95 Å². The lowest BCUT2D eigenvalue weighted by atomic mass is 10.3. The van der Waals surface area contributed by atoms with Crippen LogP contribution in [0.25, 0.3) is 11.0 Å². The number of hydrogen-bond donors (Lipinski definition) is 2. The summed E-state index contributed by atoms with van der Waals surface area (Å²) in [7, 11) is 0. The van der Waals surface area contributed by atoms with Crippen LogP contribution in [0.3, 0.4) is 0 Å². The van der Waals surface area contributed by atoms with Crippen molar-refractivity contribution in [2.45, 2.75) is 6.92 Å². The molecule has 6 heteroatoms. The number of anilines is 1. The van der Waals surface area contributed by atoms with Crippen LogP contribution in [-0.4, -0.2) is 29.1 Å². The Labute approximate surface area is 103 Å². The number of nitrogens with one attached hydrogen (secondary N) is 2. The van der Waals surface area contributed by atoms with Crippen molar-refractivity contribution in [2.24, 2.45) is 0 Å². The normalized spacial score (nSPS) is 10.5. The highest BCUT2D eigenvalue weighted by Gasteiger charge is 2.05. The predicted molar refractivity (Wildman–Crippen MR) is 66.2 cm³/mol. The third-order valence-corrected chi connectivity index (χ3v) is 2.38. The Bertz CT molecular complexity index is 538. The number of esters is 1. The summed E-state index contributed by atoms with van der Waals surface area (Å²) in [6, 6.07) is 5.35. The summed E-state index contributed by atoms with van der Waals surface area (Å²) in [5, 5.41) is 3.49. The summed E-state index contributed by atoms with van der Waals surface area (Å²) >= 11 is 5.85. The molecule has 0 bridgehead atoms. The van der Waals surface area contributed by atoms with E-state index in [0.717, 1.165) is 11.0 Å². The van der Waals surface area contributed by atoms with E-state index in [1.165, 1.54) is 0 Å². The lowest BCUT2D eigenvalue weighted by Gasteiger charge is -2.01. The van der Waals surface area contributed by atoms with Crippen LogP contribution in [0.15, 0.2) is 18.2 Å². The Kier molecular flexibility index (Phi) is 3.49. The van der Waals surface area contributed by atoms with E-state index in [9.17, 15) is 4.79 Å². The van der Waals surface area contributed by atoms with Gasteiger partial charge in [0.25, 0.3) is 0 Å². The zero-order chi connectivity index (χ0) is 12.3. The fourth-order valence-electron chi connectivity index (χ4n) is 1.43. The topological polar surface area (TPSA) is 67.0 Å². The number of aromatic amines is 1. The summed E-state index contributed by atoms with van der Waals surface area (Å²) in [6.07, 6.45) is 0. The molecule has 17 heavy (non-hydrogen) atoms. The predicted octanol–water partition coefficient (Wildman–Crippen LogP) is 2.19. The number of imidazole rings is 1. The van der Waals surface area contributed by atoms with E-state index in [-0.39, 0.29) is 12.5 Å². The smallest absolute Gasteiger partial charge is 0.325 e. The van der Waals surface area contributed by atoms with E-state index in [0.29, 0.717) is 17.6 Å². The summed E-state index contributed by atoms with van der Waals surface area (Å²) < 4.78 is 4.79. The second kappa shape index (κ2) is 5.05. The summed E-state index contributed by atoms with van der Waals surface area (Å²) in [5.74, 6) is 0.210. The quantitative estimate of drug-likeness (QED) is 0.820. The van der Waals surface area contributed by atoms with Gasteiger partial charge in [-0.25, -0.2) is 4.98 Å². The molecule has 0 amide bonds. The van der Waals surface area contributed by atoms with Crippen LogP contribution in [0, 0.1) is 0 Å². The molecule has 0 aliphatic heterocycles. The van der Waals surface area contributed by atoms with E-state index in [1.807, 2.05) is 6.07 Å². The van der Waals surface area contributed by atoms with E-state index in [1.54, 1.807) is 19.1 Å². The number of carbonyl (C=O) groups excluding carboxylic acids is 1. The summed E-state index contributed by atoms with van der Waals surface area (Å²) in [4.78, 5) is 18.4. The number of H-pyrrole nitrogens is 1. The number of rotatable bonds is 4. The molecular weight excluding hydrogens is 242 g/mol. The fraction of sp³-hybridized carbons (Fsp3) is 0.273. The van der Waals surface area contributed by atoms with Crippen LogP contribution in [0.4, 0.5) is 5.95 Å². The number of halogens is 1. The van der Waals surface area contributed by atoms with Gasteiger partial charge in [0, 0.05) is 5.02 Å². The monoisotopic (exact) mass is 253 g/mol. The maximum Gasteiger partial charge on any atom is 0.325 e. The zero-order valence-corrected chi connectivity index (χ0v) is 10.0. The standard InChI is InChI=1S/C11H12ClN3O2/c1-2-17-10(16)6-13-11-14-8-4-3-7(12)5-9(8)15-11/h3-5H,2,6H2,1H3,(H2,13,14,15). The van der Waals surface area contributed by atoms with Crippen molar-refractivity contribution in [2.75, 3.05) is 18.5 Å². The Morgan fingerprint density at radius 3 is 3.18 bits per heavy atom. The minimum absolute atomic E-state index is 0.0847. The van der Waals surface area contributed by atoms with Crippen molar-refractivity contribution in [1.29, 1.82) is 0 Å². The first-order valence-electron chi connectivity index (χ1n) is 5.24. The lowest BCUT2D eigenvalue weighted by molar-refractivity contribution is -0.140. The number of aromatic nitrogens is 2. The van der Waals surface area contributed by atoms with Gasteiger partial charge in [-0.2, -0.15) is 0 Å². The number of hydrogen-bond acceptors (Lipinski definition) is 4. The minimum atomic E-state index is -0.314. The van der Waals surface area contributed by atoms with Crippen LogP contribution in [0.5, 0.6) is 0 Å². The average molecular weight is 254 g/mol. The highest BCUT2D eigenvalue weighted by atomic mass is 35.5. The molecule has 1 aromatic heterocycles. The van der Waals surface area contributed by atoms with Crippen LogP contribution >= 0.6 is 11.6 Å². The molecule has 2 N–H and O–H groups in total. The molecule has 0 aliphatic carbocycles. The highest BCUT2D eigenvalue weighted by Crippen LogP contribution is 2.18. The second-order valence-corrected chi connectivity index (χ2v) is 3.84. The van der Waals surface area contributed by atoms with Gasteiger partial charge in [-0.3, -0.25) is 4.79 Å². The third-order valence-electron chi connectivity index (χ3n) is 2.15. The molecule has 0 aliphatic rings. The van der Waals surface area contributed by atoms with Crippen molar-refractivity contribution in [1.82, 2.24) is 9.97 Å². The molecule has 90 valence electrons. The van der Waals surface area contributed by atoms with Gasteiger partial charge in [0.15, 0.2) is 0 Å². The third kappa shape index (κ3) is 2.88. The average Bonchev–Trinajstić information content (AvgIpc) is 2.68. The molecular formula is C11H12ClN3O2. The molecule has 0 spiro atoms. The van der Waals surface area contributed by atoms with Gasteiger partial charge in [-0.05, 0) is 25.1 Å². The van der Waals surface area contributed by atoms with Crippen molar-refractivity contribution >= 4 is 34.6 Å². The van der Waals surface area contributed by atoms with Crippen LogP contribution in [0.2, 0.25) is 5.02 Å². The fourth-order valence-corrected chi connectivity index (χ4v) is 1.61. The van der Waals surface area contributed by atoms with Crippen LogP contribution in [-0.2, 0) is 9.53 Å². The van der Waals surface area contributed by atoms with Crippen LogP contribution in [0.1, 0.15) is 6.92 Å². The lowest BCUT2D eigenvalue weighted by Crippen LogP contribution is -2.17. The molecule has 0 radical (unpaired) electrons. The zero-order valence-electron chi connectivity index (χ0n) is 9.29. The summed E-state index contributed by atoms with van der Waals surface area (Å²) in [6.45, 7) is 2.22. The van der Waals surface area contributed by atoms with E-state index in [2.05, 4.69) is 15.3 Å². The molecule has 1 heterocycles. The maximum absolute atomic E-state index is 11.1. The SMILES string of the molecule is CCOC(=O)CNc1nc2ccc(Cl)cc2[nH]1. The number of nitrogens with zero attached hydrogens (tertiary/aromatic N) is 1. The molecule has 5 nitrogen and oxygen atoms in total. The van der Waals surface area contributed by atoms with Gasteiger partial charge in [0.05, 0.1) is 17.6 Å². The molecule has 0 fully saturated rings. The Hall–Kier alpha value is -1.75. The molecule has 0 unspecified atom stereocenters. The van der Waals surface area contributed by atoms with Gasteiger partial charge in [-0.1, -0.05) is 11.6 Å². The van der Waals surface area contributed by atoms with Gasteiger partial charge >= 0.3 is 5.97 Å². The molecule has 0 atom stereocenters. The van der Waals surface area contributed by atoms with Crippen molar-refractivity contribution in [3.8, 4) is 0 Å². The van der Waals surface area contributed by atoms with Crippen LogP contribution < -0.4 is 5.32 Å². The number of fused-ring (bicyclic) bond motifs is 1. The van der Waals surface area contributed by atoms with Gasteiger partial charge < -0.3 is 15.0 Å². The second-order valence-electron chi connectivity index (χ2n) is 3.41. The van der Waals surface area contributed by atoms with Crippen molar-refractivity contribution < 1.29 is 9.53 Å². The summed E-state index contributed by atoms with van der Waals surface area (Å²) in [5.41, 5.74) is 1.62. The molecule has 0 saturated carbocycles. The van der Waals surface area contributed by atoms with Gasteiger partial charge in [-0.15, -0.1) is 0 Å². The maximum atomic E-state index is 11.1. The molecule has 0 saturated heterocycles. The Morgan fingerprint density at radius 2 is 2.41 bits per heavy atom. The van der Waals surface area contributed by atoms with E-state index >= 15 is 0 Å². The highest BCUT2D eigenvalue weighted by molar-refractivity contribution is 6.31. The number of ether oxygens (including phenoxy) is 1. The Morgan fingerprint density at radius 1 is 1.59 bits per heavy atom. The van der Waals surface area contributed by atoms with Gasteiger partial charge in [0.1, 0.15) is 6.54 Å². The minimum Gasteiger partial charge on any atom is -0.465 e. The molecule has 1 aromatic carbocycles. The first-order valence-corrected chi connectivity index (χ1v) is 5.61. The van der Waals surface area contributed by atoms with E-state index < -0.39 is 0 Å². The van der Waals surface area contributed by atoms with Crippen molar-refractivity contribution in [3.05, 3.63) is 23.2 Å². The van der Waals surface area contributed by atoms with E-state index in [4.69, 9.17) is 16.3 Å². The first-order chi connectivity index (χ1) is 8.19. The molecule has 2 rings (SSSR count). The Balaban J connectivity index is 2.07. The largest absolute Gasteiger partial charge is 0.465 e. The molecule has 2 aromatic rings. The number of carbonyl (C=O) groups is 1.